The van der Waals surface area contributed by atoms with Gasteiger partial charge in [-0.3, -0.25) is 14.4 Å². The molecule has 1 aliphatic heterocycles. The maximum atomic E-state index is 12.6. The third kappa shape index (κ3) is 3.52. The number of allylic oxidation sites excluding steroid dienone is 1. The molecule has 2 aliphatic carbocycles. The molecule has 29 heavy (non-hydrogen) atoms. The summed E-state index contributed by atoms with van der Waals surface area (Å²) in [7, 11) is 1.95. The van der Waals surface area contributed by atoms with Crippen molar-refractivity contribution in [3.05, 3.63) is 41.6 Å². The Hall–Kier alpha value is -2.43. The van der Waals surface area contributed by atoms with E-state index in [1.807, 2.05) is 30.1 Å². The Balaban J connectivity index is 1.39. The van der Waals surface area contributed by atoms with Crippen LogP contribution >= 0.6 is 0 Å². The van der Waals surface area contributed by atoms with Crippen LogP contribution in [0.2, 0.25) is 0 Å². The van der Waals surface area contributed by atoms with Gasteiger partial charge in [-0.2, -0.15) is 0 Å². The van der Waals surface area contributed by atoms with Crippen molar-refractivity contribution in [2.24, 2.45) is 17.8 Å². The Labute approximate surface area is 172 Å². The molecule has 3 aliphatic rings. The van der Waals surface area contributed by atoms with E-state index >= 15 is 0 Å². The van der Waals surface area contributed by atoms with E-state index in [0.29, 0.717) is 18.6 Å². The number of nitrogens with zero attached hydrogens (tertiary/aromatic N) is 1. The van der Waals surface area contributed by atoms with Gasteiger partial charge in [0.25, 0.3) is 0 Å². The highest BCUT2D eigenvalue weighted by molar-refractivity contribution is 5.95. The van der Waals surface area contributed by atoms with Crippen LogP contribution in [0.5, 0.6) is 0 Å². The largest absolute Gasteiger partial charge is 0.457 e. The van der Waals surface area contributed by atoms with Gasteiger partial charge in [-0.25, -0.2) is 0 Å². The van der Waals surface area contributed by atoms with Crippen molar-refractivity contribution < 1.29 is 19.1 Å². The maximum absolute atomic E-state index is 12.6. The van der Waals surface area contributed by atoms with E-state index in [-0.39, 0.29) is 41.5 Å². The normalized spacial score (nSPS) is 28.9. The quantitative estimate of drug-likeness (QED) is 0.573. The summed E-state index contributed by atoms with van der Waals surface area (Å²) in [5.74, 6) is -0.462. The van der Waals surface area contributed by atoms with Crippen molar-refractivity contribution in [1.29, 1.82) is 0 Å². The zero-order valence-electron chi connectivity index (χ0n) is 17.4. The molecule has 2 saturated carbocycles. The molecular weight excluding hydrogens is 366 g/mol. The Morgan fingerprint density at radius 2 is 1.83 bits per heavy atom. The second-order valence-corrected chi connectivity index (χ2v) is 9.20. The lowest BCUT2D eigenvalue weighted by Gasteiger charge is -2.36. The molecule has 0 N–H and O–H groups in total. The molecule has 154 valence electrons. The average Bonchev–Trinajstić information content (AvgIpc) is 2.87. The summed E-state index contributed by atoms with van der Waals surface area (Å²) in [5.41, 5.74) is 2.88. The molecule has 5 nitrogen and oxygen atoms in total. The smallest absolute Gasteiger partial charge is 0.309 e. The second-order valence-electron chi connectivity index (χ2n) is 9.20. The average molecular weight is 395 g/mol. The predicted octanol–water partition coefficient (Wildman–Crippen LogP) is 3.81. The fourth-order valence-electron chi connectivity index (χ4n) is 5.39. The number of hydrogen-bond acceptors (Lipinski definition) is 5. The van der Waals surface area contributed by atoms with Crippen molar-refractivity contribution in [1.82, 2.24) is 0 Å². The van der Waals surface area contributed by atoms with Gasteiger partial charge < -0.3 is 9.64 Å². The molecule has 4 rings (SSSR count). The summed E-state index contributed by atoms with van der Waals surface area (Å²) in [4.78, 5) is 39.3. The fraction of sp³-hybridized carbons (Fsp3) is 0.542. The Morgan fingerprint density at radius 3 is 2.48 bits per heavy atom. The molecule has 1 heterocycles. The third-order valence-electron chi connectivity index (χ3n) is 6.98. The highest BCUT2D eigenvalue weighted by atomic mass is 16.5. The number of benzene rings is 1. The molecule has 0 radical (unpaired) electrons. The van der Waals surface area contributed by atoms with Gasteiger partial charge in [0.15, 0.2) is 12.4 Å². The lowest BCUT2D eigenvalue weighted by Crippen LogP contribution is -2.39. The highest BCUT2D eigenvalue weighted by Gasteiger charge is 2.42. The number of fused-ring (bicyclic) bond motifs is 3. The van der Waals surface area contributed by atoms with Crippen LogP contribution in [0.25, 0.3) is 0 Å². The zero-order valence-corrected chi connectivity index (χ0v) is 17.4. The van der Waals surface area contributed by atoms with Crippen LogP contribution in [-0.4, -0.2) is 31.2 Å². The van der Waals surface area contributed by atoms with Crippen molar-refractivity contribution >= 4 is 23.2 Å². The number of esters is 1. The summed E-state index contributed by atoms with van der Waals surface area (Å²) in [6.45, 7) is 3.94. The zero-order chi connectivity index (χ0) is 20.8. The molecule has 0 spiro atoms. The number of para-hydroxylation sites is 1. The first-order valence-corrected chi connectivity index (χ1v) is 10.6. The van der Waals surface area contributed by atoms with Crippen LogP contribution in [0.4, 0.5) is 5.69 Å². The standard InChI is InChI=1S/C24H29NO4/c1-24(2)19-9-4-5-10-20(19)25(3)21(24)13-18(26)14-29-23(28)17-11-15-7-6-8-16(12-17)22(15)27/h4-5,9-10,13,15-17H,6-8,11-12,14H2,1-3H3/b21-13-/t15-,16-/m1/s1. The molecule has 2 fully saturated rings. The number of anilines is 1. The van der Waals surface area contributed by atoms with Gasteiger partial charge in [0.05, 0.1) is 5.92 Å². The van der Waals surface area contributed by atoms with Crippen molar-refractivity contribution in [2.75, 3.05) is 18.6 Å². The lowest BCUT2D eigenvalue weighted by atomic mass is 9.67. The van der Waals surface area contributed by atoms with E-state index in [0.717, 1.165) is 30.6 Å². The molecular formula is C24H29NO4. The Bertz CT molecular complexity index is 869. The van der Waals surface area contributed by atoms with Gasteiger partial charge in [0, 0.05) is 41.8 Å². The van der Waals surface area contributed by atoms with Gasteiger partial charge in [-0.15, -0.1) is 0 Å². The van der Waals surface area contributed by atoms with E-state index in [1.165, 1.54) is 5.56 Å². The number of ketones is 2. The maximum Gasteiger partial charge on any atom is 0.309 e. The van der Waals surface area contributed by atoms with Crippen LogP contribution in [-0.2, 0) is 24.5 Å². The lowest BCUT2D eigenvalue weighted by molar-refractivity contribution is -0.155. The molecule has 5 heteroatoms. The van der Waals surface area contributed by atoms with E-state index < -0.39 is 0 Å². The SMILES string of the molecule is CN1/C(=C\C(=O)COC(=O)C2C[C@H]3CCC[C@H](C2)C3=O)C(C)(C)c2ccccc21. The van der Waals surface area contributed by atoms with Crippen LogP contribution in [0.1, 0.15) is 51.5 Å². The van der Waals surface area contributed by atoms with E-state index in [9.17, 15) is 14.4 Å². The summed E-state index contributed by atoms with van der Waals surface area (Å²) < 4.78 is 5.37. The molecule has 1 aromatic rings. The molecule has 0 amide bonds. The van der Waals surface area contributed by atoms with E-state index in [2.05, 4.69) is 19.9 Å². The number of Topliss-reactive ketones (excluding diaryl/α,β-unsaturated/α-hetero) is 1. The molecule has 2 atom stereocenters. The van der Waals surface area contributed by atoms with Gasteiger partial charge in [-0.1, -0.05) is 38.5 Å². The van der Waals surface area contributed by atoms with E-state index in [4.69, 9.17) is 4.74 Å². The second kappa shape index (κ2) is 7.43. The van der Waals surface area contributed by atoms with Crippen LogP contribution in [0.15, 0.2) is 36.0 Å². The first-order chi connectivity index (χ1) is 13.8. The molecule has 0 unspecified atom stereocenters. The number of carbonyl (C=O) groups excluding carboxylic acids is 3. The topological polar surface area (TPSA) is 63.7 Å². The Morgan fingerprint density at radius 1 is 1.17 bits per heavy atom. The number of rotatable bonds is 4. The summed E-state index contributed by atoms with van der Waals surface area (Å²) >= 11 is 0. The van der Waals surface area contributed by atoms with Gasteiger partial charge >= 0.3 is 5.97 Å². The minimum absolute atomic E-state index is 0.00399. The summed E-state index contributed by atoms with van der Waals surface area (Å²) in [6, 6.07) is 8.12. The number of carbonyl (C=O) groups is 3. The van der Waals surface area contributed by atoms with E-state index in [1.54, 1.807) is 6.08 Å². The first kappa shape index (κ1) is 19.9. The third-order valence-corrected chi connectivity index (χ3v) is 6.98. The molecule has 0 saturated heterocycles. The number of ether oxygens (including phenoxy) is 1. The Kier molecular flexibility index (Phi) is 5.09. The summed E-state index contributed by atoms with van der Waals surface area (Å²) in [5, 5.41) is 0. The monoisotopic (exact) mass is 395 g/mol. The van der Waals surface area contributed by atoms with Crippen LogP contribution in [0.3, 0.4) is 0 Å². The van der Waals surface area contributed by atoms with Crippen LogP contribution in [0, 0.1) is 17.8 Å². The number of hydrogen-bond donors (Lipinski definition) is 0. The molecule has 1 aromatic carbocycles. The number of likely N-dealkylation sites (N-methyl/N-ethyl adjacent to an activating group) is 1. The minimum atomic E-state index is -0.330. The molecule has 2 bridgehead atoms. The van der Waals surface area contributed by atoms with Gasteiger partial charge in [-0.05, 0) is 37.3 Å². The van der Waals surface area contributed by atoms with Gasteiger partial charge in [0.1, 0.15) is 5.78 Å². The van der Waals surface area contributed by atoms with Crippen molar-refractivity contribution in [3.63, 3.8) is 0 Å². The van der Waals surface area contributed by atoms with Crippen molar-refractivity contribution in [3.8, 4) is 0 Å². The minimum Gasteiger partial charge on any atom is -0.457 e. The van der Waals surface area contributed by atoms with Crippen molar-refractivity contribution in [2.45, 2.75) is 51.4 Å². The first-order valence-electron chi connectivity index (χ1n) is 10.6. The predicted molar refractivity (Wildman–Crippen MR) is 110 cm³/mol. The van der Waals surface area contributed by atoms with Crippen LogP contribution < -0.4 is 4.90 Å². The molecule has 0 aromatic heterocycles. The van der Waals surface area contributed by atoms with Gasteiger partial charge in [0.2, 0.25) is 0 Å². The summed E-state index contributed by atoms with van der Waals surface area (Å²) in [6.07, 6.45) is 5.59. The fourth-order valence-corrected chi connectivity index (χ4v) is 5.39. The highest BCUT2D eigenvalue weighted by Crippen LogP contribution is 2.46.